The molecule has 1 aliphatic rings. The second kappa shape index (κ2) is 6.85. The van der Waals surface area contributed by atoms with Crippen LogP contribution in [0.5, 0.6) is 0 Å². The Morgan fingerprint density at radius 1 is 0.900 bits per heavy atom. The molecule has 0 aromatic carbocycles. The molecule has 2 unspecified atom stereocenters. The maximum atomic E-state index is 4.70. The molecule has 2 aromatic heterocycles. The Kier molecular flexibility index (Phi) is 4.65. The molecule has 3 rings (SSSR count). The molecule has 2 atom stereocenters. The van der Waals surface area contributed by atoms with Crippen molar-refractivity contribution in [2.75, 3.05) is 0 Å². The van der Waals surface area contributed by atoms with Crippen molar-refractivity contribution in [1.82, 2.24) is 9.97 Å². The fourth-order valence-electron chi connectivity index (χ4n) is 2.35. The first-order valence-corrected chi connectivity index (χ1v) is 8.53. The van der Waals surface area contributed by atoms with E-state index in [1.54, 1.807) is 22.7 Å². The van der Waals surface area contributed by atoms with Crippen molar-refractivity contribution in [3.63, 3.8) is 0 Å². The van der Waals surface area contributed by atoms with E-state index >= 15 is 0 Å². The highest BCUT2D eigenvalue weighted by molar-refractivity contribution is 7.11. The van der Waals surface area contributed by atoms with Crippen LogP contribution in [0.15, 0.2) is 33.1 Å². The number of aromatic nitrogens is 2. The van der Waals surface area contributed by atoms with E-state index in [0.29, 0.717) is 0 Å². The van der Waals surface area contributed by atoms with Crippen LogP contribution in [0.3, 0.4) is 0 Å². The van der Waals surface area contributed by atoms with Crippen molar-refractivity contribution < 1.29 is 0 Å². The summed E-state index contributed by atoms with van der Waals surface area (Å²) < 4.78 is 0. The summed E-state index contributed by atoms with van der Waals surface area (Å²) in [6.07, 6.45) is 12.1. The molecule has 1 aliphatic carbocycles. The maximum absolute atomic E-state index is 4.70. The van der Waals surface area contributed by atoms with E-state index in [0.717, 1.165) is 22.9 Å². The van der Waals surface area contributed by atoms with Gasteiger partial charge < -0.3 is 0 Å². The zero-order valence-corrected chi connectivity index (χ0v) is 12.7. The Labute approximate surface area is 126 Å². The minimum atomic E-state index is 0.281. The lowest BCUT2D eigenvalue weighted by atomic mass is 9.91. The van der Waals surface area contributed by atoms with Gasteiger partial charge in [-0.25, -0.2) is 9.97 Å². The lowest BCUT2D eigenvalue weighted by molar-refractivity contribution is 0.390. The zero-order chi connectivity index (χ0) is 13.6. The third kappa shape index (κ3) is 3.58. The van der Waals surface area contributed by atoms with Crippen LogP contribution in [0, 0.1) is 0 Å². The molecule has 0 radical (unpaired) electrons. The van der Waals surface area contributed by atoms with Crippen LogP contribution < -0.4 is 0 Å². The van der Waals surface area contributed by atoms with Crippen LogP contribution in [0.4, 0.5) is 0 Å². The second-order valence-electron chi connectivity index (χ2n) is 4.72. The summed E-state index contributed by atoms with van der Waals surface area (Å²) in [5, 5.41) is 5.89. The van der Waals surface area contributed by atoms with E-state index in [1.165, 1.54) is 12.8 Å². The SMILES string of the molecule is C(=NC1CCCCC1N=Cc1nccs1)c1nccs1. The number of rotatable bonds is 4. The molecule has 104 valence electrons. The monoisotopic (exact) mass is 304 g/mol. The average molecular weight is 304 g/mol. The van der Waals surface area contributed by atoms with Gasteiger partial charge in [-0.3, -0.25) is 9.98 Å². The van der Waals surface area contributed by atoms with Crippen LogP contribution in [0.1, 0.15) is 35.7 Å². The summed E-state index contributed by atoms with van der Waals surface area (Å²) >= 11 is 3.23. The van der Waals surface area contributed by atoms with E-state index in [4.69, 9.17) is 9.98 Å². The van der Waals surface area contributed by atoms with E-state index in [1.807, 2.05) is 35.6 Å². The highest BCUT2D eigenvalue weighted by Crippen LogP contribution is 2.24. The van der Waals surface area contributed by atoms with Crippen molar-refractivity contribution in [3.05, 3.63) is 33.2 Å². The number of hydrogen-bond acceptors (Lipinski definition) is 6. The first-order chi connectivity index (χ1) is 9.92. The van der Waals surface area contributed by atoms with Crippen LogP contribution >= 0.6 is 22.7 Å². The normalized spacial score (nSPS) is 23.8. The molecule has 0 bridgehead atoms. The zero-order valence-electron chi connectivity index (χ0n) is 11.1. The summed E-state index contributed by atoms with van der Waals surface area (Å²) in [6, 6.07) is 0.563. The van der Waals surface area contributed by atoms with Gasteiger partial charge in [-0.15, -0.1) is 22.7 Å². The van der Waals surface area contributed by atoms with Gasteiger partial charge in [0.15, 0.2) is 0 Å². The largest absolute Gasteiger partial charge is 0.284 e. The minimum absolute atomic E-state index is 0.281. The lowest BCUT2D eigenvalue weighted by Gasteiger charge is -2.25. The van der Waals surface area contributed by atoms with Gasteiger partial charge >= 0.3 is 0 Å². The predicted octanol–water partition coefficient (Wildman–Crippen LogP) is 3.45. The topological polar surface area (TPSA) is 50.5 Å². The molecule has 6 heteroatoms. The van der Waals surface area contributed by atoms with Crippen LogP contribution in [0.2, 0.25) is 0 Å². The number of hydrogen-bond donors (Lipinski definition) is 0. The number of nitrogens with zero attached hydrogens (tertiary/aromatic N) is 4. The molecule has 0 spiro atoms. The van der Waals surface area contributed by atoms with Crippen LogP contribution in [-0.4, -0.2) is 34.5 Å². The molecule has 20 heavy (non-hydrogen) atoms. The predicted molar refractivity (Wildman–Crippen MR) is 85.5 cm³/mol. The van der Waals surface area contributed by atoms with Crippen molar-refractivity contribution >= 4 is 35.1 Å². The fourth-order valence-corrected chi connectivity index (χ4v) is 3.36. The van der Waals surface area contributed by atoms with Crippen LogP contribution in [-0.2, 0) is 0 Å². The molecule has 0 saturated heterocycles. The van der Waals surface area contributed by atoms with Crippen LogP contribution in [0.25, 0.3) is 0 Å². The maximum Gasteiger partial charge on any atom is 0.133 e. The van der Waals surface area contributed by atoms with Crippen molar-refractivity contribution in [2.24, 2.45) is 9.98 Å². The Balaban J connectivity index is 1.67. The highest BCUT2D eigenvalue weighted by atomic mass is 32.1. The van der Waals surface area contributed by atoms with Gasteiger partial charge in [0.2, 0.25) is 0 Å². The number of thiazole rings is 2. The average Bonchev–Trinajstić information content (AvgIpc) is 3.17. The first-order valence-electron chi connectivity index (χ1n) is 6.77. The second-order valence-corrected chi connectivity index (χ2v) is 6.57. The quantitative estimate of drug-likeness (QED) is 0.812. The number of aliphatic imine (C=N–C) groups is 2. The van der Waals surface area contributed by atoms with E-state index in [-0.39, 0.29) is 12.1 Å². The summed E-state index contributed by atoms with van der Waals surface area (Å²) in [7, 11) is 0. The Morgan fingerprint density at radius 2 is 1.40 bits per heavy atom. The van der Waals surface area contributed by atoms with Gasteiger partial charge in [-0.1, -0.05) is 12.8 Å². The standard InChI is InChI=1S/C14H16N4S2/c1-2-4-12(18-10-14-16-6-8-20-14)11(3-1)17-9-13-15-5-7-19-13/h5-12H,1-4H2. The minimum Gasteiger partial charge on any atom is -0.284 e. The van der Waals surface area contributed by atoms with Crippen molar-refractivity contribution in [3.8, 4) is 0 Å². The Hall–Kier alpha value is -1.40. The molecule has 1 fully saturated rings. The molecule has 0 aliphatic heterocycles. The molecule has 0 amide bonds. The van der Waals surface area contributed by atoms with E-state index in [2.05, 4.69) is 9.97 Å². The van der Waals surface area contributed by atoms with E-state index in [9.17, 15) is 0 Å². The van der Waals surface area contributed by atoms with Crippen molar-refractivity contribution in [2.45, 2.75) is 37.8 Å². The smallest absolute Gasteiger partial charge is 0.133 e. The highest BCUT2D eigenvalue weighted by Gasteiger charge is 2.23. The Bertz CT molecular complexity index is 508. The van der Waals surface area contributed by atoms with Gasteiger partial charge in [0, 0.05) is 23.2 Å². The molecule has 4 nitrogen and oxygen atoms in total. The summed E-state index contributed by atoms with van der Waals surface area (Å²) in [4.78, 5) is 17.9. The van der Waals surface area contributed by atoms with Crippen molar-refractivity contribution in [1.29, 1.82) is 0 Å². The molecule has 0 N–H and O–H groups in total. The Morgan fingerprint density at radius 3 is 1.80 bits per heavy atom. The first kappa shape index (κ1) is 13.6. The molecular weight excluding hydrogens is 288 g/mol. The molecule has 1 saturated carbocycles. The van der Waals surface area contributed by atoms with Gasteiger partial charge in [-0.2, -0.15) is 0 Å². The fraction of sp³-hybridized carbons (Fsp3) is 0.429. The van der Waals surface area contributed by atoms with Gasteiger partial charge in [0.05, 0.1) is 24.5 Å². The van der Waals surface area contributed by atoms with Gasteiger partial charge in [-0.05, 0) is 12.8 Å². The third-order valence-electron chi connectivity index (χ3n) is 3.35. The van der Waals surface area contributed by atoms with Gasteiger partial charge in [0.25, 0.3) is 0 Å². The third-order valence-corrected chi connectivity index (χ3v) is 4.77. The molecule has 2 heterocycles. The summed E-state index contributed by atoms with van der Waals surface area (Å²) in [5.41, 5.74) is 0. The molecular formula is C14H16N4S2. The lowest BCUT2D eigenvalue weighted by Crippen LogP contribution is -2.27. The van der Waals surface area contributed by atoms with Gasteiger partial charge in [0.1, 0.15) is 10.0 Å². The summed E-state index contributed by atoms with van der Waals surface area (Å²) in [6.45, 7) is 0. The molecule has 2 aromatic rings. The van der Waals surface area contributed by atoms with E-state index < -0.39 is 0 Å². The summed E-state index contributed by atoms with van der Waals surface area (Å²) in [5.74, 6) is 0.